The molecule has 0 aromatic carbocycles. The molecule has 0 spiro atoms. The van der Waals surface area contributed by atoms with Gasteiger partial charge in [0, 0.05) is 22.1 Å². The van der Waals surface area contributed by atoms with E-state index in [0.717, 1.165) is 9.75 Å². The first-order valence-corrected chi connectivity index (χ1v) is 8.17. The van der Waals surface area contributed by atoms with Crippen LogP contribution in [0.1, 0.15) is 35.7 Å². The fourth-order valence-corrected chi connectivity index (χ4v) is 2.70. The van der Waals surface area contributed by atoms with E-state index in [1.807, 2.05) is 13.8 Å². The van der Waals surface area contributed by atoms with E-state index in [4.69, 9.17) is 0 Å². The van der Waals surface area contributed by atoms with E-state index in [1.165, 1.54) is 0 Å². The zero-order valence-electron chi connectivity index (χ0n) is 10.9. The number of rotatable bonds is 4. The van der Waals surface area contributed by atoms with Gasteiger partial charge in [-0.3, -0.25) is 9.97 Å². The van der Waals surface area contributed by atoms with Gasteiger partial charge in [-0.1, -0.05) is 0 Å². The Balaban J connectivity index is 0.000000200. The van der Waals surface area contributed by atoms with Crippen LogP contribution in [0.25, 0.3) is 0 Å². The topological polar surface area (TPSA) is 50.5 Å². The van der Waals surface area contributed by atoms with Crippen molar-refractivity contribution >= 4 is 57.4 Å². The average Bonchev–Trinajstić information content (AvgIpc) is 3.14. The van der Waals surface area contributed by atoms with Gasteiger partial charge in [0.1, 0.15) is 0 Å². The normalized spacial score (nSPS) is 12.1. The quantitative estimate of drug-likeness (QED) is 0.602. The SMILES string of the molecule is C[C@@H](N=C=S)c1cncs1.C[C@H](N=C=S)c1cncs1. The summed E-state index contributed by atoms with van der Waals surface area (Å²) in [4.78, 5) is 17.9. The summed E-state index contributed by atoms with van der Waals surface area (Å²) in [5, 5.41) is 4.69. The second-order valence-corrected chi connectivity index (χ2v) is 5.80. The number of hydrogen-bond acceptors (Lipinski definition) is 8. The molecule has 0 saturated heterocycles. The third kappa shape index (κ3) is 5.88. The predicted octanol–water partition coefficient (Wildman–Crippen LogP) is 4.61. The van der Waals surface area contributed by atoms with Gasteiger partial charge >= 0.3 is 0 Å². The van der Waals surface area contributed by atoms with Crippen LogP contribution in [0.2, 0.25) is 0 Å². The van der Waals surface area contributed by atoms with E-state index in [-0.39, 0.29) is 12.1 Å². The average molecular weight is 341 g/mol. The molecule has 0 radical (unpaired) electrons. The Kier molecular flexibility index (Phi) is 8.22. The number of aliphatic imine (C=N–C) groups is 2. The Labute approximate surface area is 136 Å². The summed E-state index contributed by atoms with van der Waals surface area (Å²) in [5.74, 6) is 0. The van der Waals surface area contributed by atoms with Crippen molar-refractivity contribution in [3.63, 3.8) is 0 Å². The van der Waals surface area contributed by atoms with E-state index < -0.39 is 0 Å². The summed E-state index contributed by atoms with van der Waals surface area (Å²) >= 11 is 12.1. The molecular formula is C12H12N4S4. The van der Waals surface area contributed by atoms with Gasteiger partial charge in [-0.2, -0.15) is 0 Å². The number of isothiocyanates is 2. The van der Waals surface area contributed by atoms with Crippen LogP contribution in [-0.4, -0.2) is 20.3 Å². The molecular weight excluding hydrogens is 328 g/mol. The molecule has 4 nitrogen and oxygen atoms in total. The molecule has 0 N–H and O–H groups in total. The molecule has 0 unspecified atom stereocenters. The van der Waals surface area contributed by atoms with E-state index in [2.05, 4.69) is 54.7 Å². The largest absolute Gasteiger partial charge is 0.253 e. The number of aromatic nitrogens is 2. The lowest BCUT2D eigenvalue weighted by atomic mass is 10.3. The first-order chi connectivity index (χ1) is 9.69. The van der Waals surface area contributed by atoms with Gasteiger partial charge in [-0.05, 0) is 38.3 Å². The molecule has 0 amide bonds. The van der Waals surface area contributed by atoms with Crippen molar-refractivity contribution in [2.75, 3.05) is 0 Å². The maximum Gasteiger partial charge on any atom is 0.0931 e. The van der Waals surface area contributed by atoms with Crippen molar-refractivity contribution in [1.82, 2.24) is 9.97 Å². The Bertz CT molecular complexity index is 527. The van der Waals surface area contributed by atoms with Gasteiger partial charge < -0.3 is 0 Å². The highest BCUT2D eigenvalue weighted by Gasteiger charge is 2.02. The van der Waals surface area contributed by atoms with Crippen molar-refractivity contribution in [2.24, 2.45) is 9.98 Å². The van der Waals surface area contributed by atoms with Gasteiger partial charge in [-0.25, -0.2) is 9.98 Å². The number of thiocarbonyl (C=S) groups is 2. The van der Waals surface area contributed by atoms with Gasteiger partial charge in [0.05, 0.1) is 33.4 Å². The monoisotopic (exact) mass is 340 g/mol. The zero-order chi connectivity index (χ0) is 14.8. The molecule has 2 atom stereocenters. The zero-order valence-corrected chi connectivity index (χ0v) is 14.2. The molecule has 0 saturated carbocycles. The van der Waals surface area contributed by atoms with E-state index in [9.17, 15) is 0 Å². The van der Waals surface area contributed by atoms with Crippen LogP contribution >= 0.6 is 47.1 Å². The lowest BCUT2D eigenvalue weighted by molar-refractivity contribution is 0.845. The molecule has 8 heteroatoms. The Morgan fingerprint density at radius 2 is 1.35 bits per heavy atom. The van der Waals surface area contributed by atoms with E-state index in [0.29, 0.717) is 0 Å². The number of thiazole rings is 2. The molecule has 0 aliphatic rings. The lowest BCUT2D eigenvalue weighted by Gasteiger charge is -1.95. The molecule has 20 heavy (non-hydrogen) atoms. The molecule has 0 bridgehead atoms. The lowest BCUT2D eigenvalue weighted by Crippen LogP contribution is -1.81. The number of nitrogens with zero attached hydrogens (tertiary/aromatic N) is 4. The minimum Gasteiger partial charge on any atom is -0.253 e. The summed E-state index contributed by atoms with van der Waals surface area (Å²) in [5.41, 5.74) is 3.56. The smallest absolute Gasteiger partial charge is 0.0931 e. The van der Waals surface area contributed by atoms with E-state index in [1.54, 1.807) is 46.1 Å². The minimum absolute atomic E-state index is 0.116. The molecule has 0 aliphatic carbocycles. The van der Waals surface area contributed by atoms with Crippen LogP contribution in [-0.2, 0) is 0 Å². The fraction of sp³-hybridized carbons (Fsp3) is 0.333. The van der Waals surface area contributed by atoms with E-state index >= 15 is 0 Å². The van der Waals surface area contributed by atoms with Gasteiger partial charge in [0.15, 0.2) is 0 Å². The fourth-order valence-electron chi connectivity index (χ4n) is 1.15. The highest BCUT2D eigenvalue weighted by molar-refractivity contribution is 7.78. The highest BCUT2D eigenvalue weighted by Crippen LogP contribution is 2.19. The van der Waals surface area contributed by atoms with Crippen LogP contribution in [0.15, 0.2) is 33.4 Å². The molecule has 2 rings (SSSR count). The predicted molar refractivity (Wildman–Crippen MR) is 91.1 cm³/mol. The summed E-state index contributed by atoms with van der Waals surface area (Å²) in [6.45, 7) is 3.93. The van der Waals surface area contributed by atoms with Crippen molar-refractivity contribution in [1.29, 1.82) is 0 Å². The van der Waals surface area contributed by atoms with Crippen LogP contribution in [0.4, 0.5) is 0 Å². The number of hydrogen-bond donors (Lipinski definition) is 0. The molecule has 0 fully saturated rings. The molecule has 2 heterocycles. The van der Waals surface area contributed by atoms with Gasteiger partial charge in [-0.15, -0.1) is 22.7 Å². The first-order valence-electron chi connectivity index (χ1n) is 5.59. The molecule has 2 aromatic rings. The van der Waals surface area contributed by atoms with Crippen LogP contribution in [0, 0.1) is 0 Å². The Hall–Kier alpha value is -1.14. The molecule has 104 valence electrons. The Morgan fingerprint density at radius 1 is 0.950 bits per heavy atom. The van der Waals surface area contributed by atoms with Crippen LogP contribution in [0.5, 0.6) is 0 Å². The maximum absolute atomic E-state index is 4.47. The summed E-state index contributed by atoms with van der Waals surface area (Å²) in [6, 6.07) is 0.231. The van der Waals surface area contributed by atoms with Gasteiger partial charge in [0.25, 0.3) is 0 Å². The third-order valence-electron chi connectivity index (χ3n) is 2.22. The van der Waals surface area contributed by atoms with Crippen LogP contribution < -0.4 is 0 Å². The highest BCUT2D eigenvalue weighted by atomic mass is 32.1. The van der Waals surface area contributed by atoms with Crippen molar-refractivity contribution in [3.8, 4) is 0 Å². The van der Waals surface area contributed by atoms with Crippen molar-refractivity contribution < 1.29 is 0 Å². The van der Waals surface area contributed by atoms with Crippen molar-refractivity contribution in [2.45, 2.75) is 25.9 Å². The molecule has 0 aliphatic heterocycles. The standard InChI is InChI=1S/2C6H6N2S2/c2*1-5(8-3-9)6-2-7-4-10-6/h2*2,4-5H,1H3/t2*5-/m10/s1. The third-order valence-corrected chi connectivity index (χ3v) is 4.32. The summed E-state index contributed by atoms with van der Waals surface area (Å²) in [6.07, 6.45) is 3.59. The minimum atomic E-state index is 0.116. The van der Waals surface area contributed by atoms with Crippen LogP contribution in [0.3, 0.4) is 0 Å². The van der Waals surface area contributed by atoms with Crippen molar-refractivity contribution in [3.05, 3.63) is 33.2 Å². The summed E-state index contributed by atoms with van der Waals surface area (Å²) < 4.78 is 0. The maximum atomic E-state index is 4.47. The first kappa shape index (κ1) is 16.9. The molecule has 2 aromatic heterocycles. The Morgan fingerprint density at radius 3 is 1.60 bits per heavy atom. The summed E-state index contributed by atoms with van der Waals surface area (Å²) in [7, 11) is 0. The van der Waals surface area contributed by atoms with Gasteiger partial charge in [0.2, 0.25) is 0 Å². The second kappa shape index (κ2) is 9.72. The second-order valence-electron chi connectivity index (χ2n) is 3.60.